The van der Waals surface area contributed by atoms with Gasteiger partial charge in [0.25, 0.3) is 0 Å². The molecule has 100 valence electrons. The number of amides is 1. The Morgan fingerprint density at radius 2 is 2.00 bits per heavy atom. The molecule has 0 saturated heterocycles. The molecule has 0 aliphatic rings. The first-order chi connectivity index (χ1) is 8.54. The molecule has 1 unspecified atom stereocenters. The van der Waals surface area contributed by atoms with Gasteiger partial charge < -0.3 is 10.6 Å². The quantitative estimate of drug-likeness (QED) is 0.804. The molecule has 3 nitrogen and oxygen atoms in total. The minimum Gasteiger partial charge on any atom is -0.399 e. The normalized spacial score (nSPS) is 12.2. The third kappa shape index (κ3) is 4.61. The minimum absolute atomic E-state index is 0.202. The number of nitrogens with zero attached hydrogens (tertiary/aromatic N) is 1. The number of thioether (sulfide) groups is 1. The van der Waals surface area contributed by atoms with Gasteiger partial charge in [-0.25, -0.2) is 0 Å². The number of carbonyl (C=O) groups is 1. The fourth-order valence-corrected chi connectivity index (χ4v) is 2.42. The second-order valence-corrected chi connectivity index (χ2v) is 5.46. The summed E-state index contributed by atoms with van der Waals surface area (Å²) in [5.74, 6) is 1.18. The maximum Gasteiger partial charge on any atom is 0.222 e. The largest absolute Gasteiger partial charge is 0.399 e. The van der Waals surface area contributed by atoms with Crippen LogP contribution in [0.1, 0.15) is 18.9 Å². The fourth-order valence-electron chi connectivity index (χ4n) is 1.71. The Hall–Kier alpha value is -1.16. The number of benzene rings is 1. The monoisotopic (exact) mass is 266 g/mol. The van der Waals surface area contributed by atoms with Crippen LogP contribution >= 0.6 is 11.8 Å². The Morgan fingerprint density at radius 3 is 2.56 bits per heavy atom. The molecule has 0 heterocycles. The summed E-state index contributed by atoms with van der Waals surface area (Å²) in [7, 11) is 1.88. The smallest absolute Gasteiger partial charge is 0.222 e. The molecule has 4 heteroatoms. The van der Waals surface area contributed by atoms with Crippen LogP contribution < -0.4 is 5.73 Å². The first kappa shape index (κ1) is 14.9. The van der Waals surface area contributed by atoms with Crippen LogP contribution in [0.25, 0.3) is 0 Å². The van der Waals surface area contributed by atoms with Crippen LogP contribution in [0, 0.1) is 0 Å². The van der Waals surface area contributed by atoms with Gasteiger partial charge in [0, 0.05) is 31.0 Å². The van der Waals surface area contributed by atoms with Gasteiger partial charge in [0.2, 0.25) is 5.91 Å². The average molecular weight is 266 g/mol. The Labute approximate surface area is 114 Å². The summed E-state index contributed by atoms with van der Waals surface area (Å²) in [6.07, 6.45) is 3.39. The molecule has 1 aromatic carbocycles. The van der Waals surface area contributed by atoms with Crippen molar-refractivity contribution in [2.75, 3.05) is 24.8 Å². The Morgan fingerprint density at radius 1 is 1.39 bits per heavy atom. The lowest BCUT2D eigenvalue weighted by Gasteiger charge is -2.24. The van der Waals surface area contributed by atoms with Crippen LogP contribution in [0.15, 0.2) is 24.3 Å². The maximum absolute atomic E-state index is 12.0. The van der Waals surface area contributed by atoms with Gasteiger partial charge in [-0.15, -0.1) is 0 Å². The second-order valence-electron chi connectivity index (χ2n) is 4.55. The van der Waals surface area contributed by atoms with E-state index in [1.165, 1.54) is 0 Å². The highest BCUT2D eigenvalue weighted by molar-refractivity contribution is 7.98. The van der Waals surface area contributed by atoms with Gasteiger partial charge in [0.15, 0.2) is 0 Å². The van der Waals surface area contributed by atoms with E-state index in [0.717, 1.165) is 23.4 Å². The standard InChI is InChI=1S/C14H22N2OS/c1-11(10-18-3)16(2)14(17)9-6-12-4-7-13(15)8-5-12/h4-5,7-8,11H,6,9-10,15H2,1-3H3. The molecular weight excluding hydrogens is 244 g/mol. The molecule has 0 saturated carbocycles. The fraction of sp³-hybridized carbons (Fsp3) is 0.500. The number of anilines is 1. The molecular formula is C14H22N2OS. The van der Waals surface area contributed by atoms with E-state index >= 15 is 0 Å². The van der Waals surface area contributed by atoms with Crippen LogP contribution in [0.2, 0.25) is 0 Å². The summed E-state index contributed by atoms with van der Waals surface area (Å²) in [4.78, 5) is 13.8. The van der Waals surface area contributed by atoms with Crippen LogP contribution in [0.4, 0.5) is 5.69 Å². The van der Waals surface area contributed by atoms with E-state index in [-0.39, 0.29) is 5.91 Å². The first-order valence-corrected chi connectivity index (χ1v) is 7.53. The van der Waals surface area contributed by atoms with Crippen LogP contribution in [-0.2, 0) is 11.2 Å². The summed E-state index contributed by atoms with van der Waals surface area (Å²) in [6, 6.07) is 8.00. The number of carbonyl (C=O) groups excluding carboxylic acids is 1. The summed E-state index contributed by atoms with van der Waals surface area (Å²) in [5, 5.41) is 0. The molecule has 0 bridgehead atoms. The predicted octanol–water partition coefficient (Wildman–Crippen LogP) is 2.41. The number of hydrogen-bond donors (Lipinski definition) is 1. The van der Waals surface area contributed by atoms with E-state index in [2.05, 4.69) is 13.2 Å². The molecule has 0 fully saturated rings. The van der Waals surface area contributed by atoms with Crippen molar-refractivity contribution in [1.82, 2.24) is 4.90 Å². The summed E-state index contributed by atoms with van der Waals surface area (Å²) >= 11 is 1.76. The van der Waals surface area contributed by atoms with Crippen LogP contribution in [0.3, 0.4) is 0 Å². The van der Waals surface area contributed by atoms with Gasteiger partial charge >= 0.3 is 0 Å². The summed E-state index contributed by atoms with van der Waals surface area (Å²) in [5.41, 5.74) is 7.54. The molecule has 0 spiro atoms. The van der Waals surface area contributed by atoms with Crippen molar-refractivity contribution in [1.29, 1.82) is 0 Å². The van der Waals surface area contributed by atoms with Gasteiger partial charge in [-0.3, -0.25) is 4.79 Å². The highest BCUT2D eigenvalue weighted by Gasteiger charge is 2.14. The third-order valence-electron chi connectivity index (χ3n) is 3.07. The molecule has 0 aliphatic heterocycles. The van der Waals surface area contributed by atoms with Crippen molar-refractivity contribution in [3.8, 4) is 0 Å². The molecule has 18 heavy (non-hydrogen) atoms. The van der Waals surface area contributed by atoms with Crippen molar-refractivity contribution >= 4 is 23.4 Å². The van der Waals surface area contributed by atoms with E-state index < -0.39 is 0 Å². The second kappa shape index (κ2) is 7.31. The van der Waals surface area contributed by atoms with Crippen molar-refractivity contribution < 1.29 is 4.79 Å². The van der Waals surface area contributed by atoms with Crippen LogP contribution in [-0.4, -0.2) is 35.9 Å². The zero-order valence-electron chi connectivity index (χ0n) is 11.3. The van der Waals surface area contributed by atoms with Crippen molar-refractivity contribution in [3.63, 3.8) is 0 Å². The zero-order chi connectivity index (χ0) is 13.5. The molecule has 1 aromatic rings. The van der Waals surface area contributed by atoms with Gasteiger partial charge in [0.05, 0.1) is 0 Å². The van der Waals surface area contributed by atoms with E-state index in [9.17, 15) is 4.79 Å². The Kier molecular flexibility index (Phi) is 6.05. The molecule has 1 atom stereocenters. The van der Waals surface area contributed by atoms with E-state index in [0.29, 0.717) is 12.5 Å². The molecule has 0 aromatic heterocycles. The summed E-state index contributed by atoms with van der Waals surface area (Å²) < 4.78 is 0. The molecule has 0 aliphatic carbocycles. The number of aryl methyl sites for hydroxylation is 1. The number of rotatable bonds is 6. The molecule has 1 amide bonds. The average Bonchev–Trinajstić information content (AvgIpc) is 2.37. The SMILES string of the molecule is CSCC(C)N(C)C(=O)CCc1ccc(N)cc1. The minimum atomic E-state index is 0.202. The van der Waals surface area contributed by atoms with Gasteiger partial charge in [-0.1, -0.05) is 12.1 Å². The van der Waals surface area contributed by atoms with Crippen molar-refractivity contribution in [2.45, 2.75) is 25.8 Å². The third-order valence-corrected chi connectivity index (χ3v) is 3.89. The number of hydrogen-bond acceptors (Lipinski definition) is 3. The topological polar surface area (TPSA) is 46.3 Å². The molecule has 0 radical (unpaired) electrons. The first-order valence-electron chi connectivity index (χ1n) is 6.13. The maximum atomic E-state index is 12.0. The van der Waals surface area contributed by atoms with E-state index in [1.807, 2.05) is 36.2 Å². The van der Waals surface area contributed by atoms with Crippen molar-refractivity contribution in [2.24, 2.45) is 0 Å². The molecule has 2 N–H and O–H groups in total. The van der Waals surface area contributed by atoms with Gasteiger partial charge in [-0.2, -0.15) is 11.8 Å². The Balaban J connectivity index is 2.43. The number of nitrogens with two attached hydrogens (primary N) is 1. The lowest BCUT2D eigenvalue weighted by Crippen LogP contribution is -2.36. The summed E-state index contributed by atoms with van der Waals surface area (Å²) in [6.45, 7) is 2.08. The predicted molar refractivity (Wildman–Crippen MR) is 79.8 cm³/mol. The van der Waals surface area contributed by atoms with Crippen molar-refractivity contribution in [3.05, 3.63) is 29.8 Å². The van der Waals surface area contributed by atoms with Gasteiger partial charge in [0.1, 0.15) is 0 Å². The number of nitrogen functional groups attached to an aromatic ring is 1. The highest BCUT2D eigenvalue weighted by Crippen LogP contribution is 2.10. The van der Waals surface area contributed by atoms with Crippen LogP contribution in [0.5, 0.6) is 0 Å². The van der Waals surface area contributed by atoms with Gasteiger partial charge in [-0.05, 0) is 37.3 Å². The van der Waals surface area contributed by atoms with E-state index in [4.69, 9.17) is 5.73 Å². The zero-order valence-corrected chi connectivity index (χ0v) is 12.2. The lowest BCUT2D eigenvalue weighted by molar-refractivity contribution is -0.131. The Bertz CT molecular complexity index is 378. The molecule has 1 rings (SSSR count). The highest BCUT2D eigenvalue weighted by atomic mass is 32.2. The van der Waals surface area contributed by atoms with E-state index in [1.54, 1.807) is 11.8 Å². The lowest BCUT2D eigenvalue weighted by atomic mass is 10.1.